The first-order valence-electron chi connectivity index (χ1n) is 6.29. The Hall–Kier alpha value is -1.27. The lowest BCUT2D eigenvalue weighted by molar-refractivity contribution is -0.128. The fraction of sp³-hybridized carbons (Fsp3) is 0.500. The van der Waals surface area contributed by atoms with E-state index < -0.39 is 0 Å². The first-order chi connectivity index (χ1) is 9.49. The molecule has 0 aromatic heterocycles. The highest BCUT2D eigenvalue weighted by Gasteiger charge is 2.12. The third-order valence-electron chi connectivity index (χ3n) is 2.75. The van der Waals surface area contributed by atoms with Crippen molar-refractivity contribution in [1.82, 2.24) is 4.90 Å². The molecule has 1 amide bonds. The molecule has 0 aliphatic rings. The lowest BCUT2D eigenvalue weighted by atomic mass is 10.2. The lowest BCUT2D eigenvalue weighted by Crippen LogP contribution is -2.21. The summed E-state index contributed by atoms with van der Waals surface area (Å²) in [6.45, 7) is 0.361. The van der Waals surface area contributed by atoms with Crippen LogP contribution in [0.3, 0.4) is 0 Å². The molecule has 5 nitrogen and oxygen atoms in total. The molecule has 0 aliphatic heterocycles. The van der Waals surface area contributed by atoms with E-state index in [1.807, 2.05) is 0 Å². The number of aliphatic hydroxyl groups excluding tert-OH is 1. The third-order valence-corrected chi connectivity index (χ3v) is 3.34. The Morgan fingerprint density at radius 2 is 2.10 bits per heavy atom. The minimum atomic E-state index is -0.0629. The molecule has 0 unspecified atom stereocenters. The zero-order valence-corrected chi connectivity index (χ0v) is 13.6. The van der Waals surface area contributed by atoms with E-state index in [0.717, 1.165) is 10.0 Å². The van der Waals surface area contributed by atoms with Crippen LogP contribution in [0.4, 0.5) is 0 Å². The van der Waals surface area contributed by atoms with Crippen LogP contribution in [0.15, 0.2) is 16.6 Å². The number of amides is 1. The van der Waals surface area contributed by atoms with Gasteiger partial charge in [-0.1, -0.05) is 0 Å². The van der Waals surface area contributed by atoms with Gasteiger partial charge < -0.3 is 19.5 Å². The van der Waals surface area contributed by atoms with E-state index in [-0.39, 0.29) is 12.5 Å². The summed E-state index contributed by atoms with van der Waals surface area (Å²) in [4.78, 5) is 13.0. The molecule has 112 valence electrons. The summed E-state index contributed by atoms with van der Waals surface area (Å²) in [5.74, 6) is 1.22. The SMILES string of the molecule is COc1cc(CO)cc(Br)c1OCCCC(=O)N(C)C. The second-order valence-corrected chi connectivity index (χ2v) is 5.36. The van der Waals surface area contributed by atoms with Gasteiger partial charge >= 0.3 is 0 Å². The maximum Gasteiger partial charge on any atom is 0.222 e. The number of hydrogen-bond acceptors (Lipinski definition) is 4. The van der Waals surface area contributed by atoms with E-state index in [1.54, 1.807) is 38.2 Å². The van der Waals surface area contributed by atoms with Gasteiger partial charge in [-0.05, 0) is 40.0 Å². The topological polar surface area (TPSA) is 59.0 Å². The Morgan fingerprint density at radius 3 is 2.65 bits per heavy atom. The zero-order valence-electron chi connectivity index (χ0n) is 12.0. The van der Waals surface area contributed by atoms with E-state index in [2.05, 4.69) is 15.9 Å². The Labute approximate surface area is 127 Å². The number of benzene rings is 1. The molecule has 20 heavy (non-hydrogen) atoms. The van der Waals surface area contributed by atoms with Crippen LogP contribution in [0, 0.1) is 0 Å². The Morgan fingerprint density at radius 1 is 1.40 bits per heavy atom. The number of hydrogen-bond donors (Lipinski definition) is 1. The highest BCUT2D eigenvalue weighted by molar-refractivity contribution is 9.10. The largest absolute Gasteiger partial charge is 0.493 e. The molecule has 1 aromatic carbocycles. The number of carbonyl (C=O) groups is 1. The third kappa shape index (κ3) is 4.68. The summed E-state index contributed by atoms with van der Waals surface area (Å²) >= 11 is 3.39. The smallest absolute Gasteiger partial charge is 0.222 e. The van der Waals surface area contributed by atoms with Crippen LogP contribution >= 0.6 is 15.9 Å². The van der Waals surface area contributed by atoms with Crippen LogP contribution < -0.4 is 9.47 Å². The van der Waals surface area contributed by atoms with Crippen molar-refractivity contribution in [3.63, 3.8) is 0 Å². The van der Waals surface area contributed by atoms with Crippen molar-refractivity contribution in [1.29, 1.82) is 0 Å². The minimum absolute atomic E-state index is 0.0629. The average molecular weight is 346 g/mol. The van der Waals surface area contributed by atoms with Crippen LogP contribution in [0.1, 0.15) is 18.4 Å². The molecule has 1 rings (SSSR count). The number of methoxy groups -OCH3 is 1. The summed E-state index contributed by atoms with van der Waals surface area (Å²) in [5.41, 5.74) is 0.740. The molecule has 1 aromatic rings. The monoisotopic (exact) mass is 345 g/mol. The fourth-order valence-corrected chi connectivity index (χ4v) is 2.23. The highest BCUT2D eigenvalue weighted by atomic mass is 79.9. The molecule has 6 heteroatoms. The number of nitrogens with zero attached hydrogens (tertiary/aromatic N) is 1. The second kappa shape index (κ2) is 8.11. The van der Waals surface area contributed by atoms with Gasteiger partial charge in [-0.3, -0.25) is 4.79 Å². The van der Waals surface area contributed by atoms with Gasteiger partial charge in [0.15, 0.2) is 11.5 Å². The highest BCUT2D eigenvalue weighted by Crippen LogP contribution is 2.36. The van der Waals surface area contributed by atoms with Gasteiger partial charge in [0.25, 0.3) is 0 Å². The van der Waals surface area contributed by atoms with Crippen molar-refractivity contribution < 1.29 is 19.4 Å². The summed E-state index contributed by atoms with van der Waals surface area (Å²) in [5, 5.41) is 9.14. The minimum Gasteiger partial charge on any atom is -0.493 e. The molecule has 0 fully saturated rings. The molecule has 0 radical (unpaired) electrons. The quantitative estimate of drug-likeness (QED) is 0.769. The van der Waals surface area contributed by atoms with E-state index in [1.165, 1.54) is 0 Å². The Balaban J connectivity index is 2.61. The van der Waals surface area contributed by atoms with Crippen molar-refractivity contribution in [2.45, 2.75) is 19.4 Å². The van der Waals surface area contributed by atoms with Crippen LogP contribution in [0.2, 0.25) is 0 Å². The normalized spacial score (nSPS) is 10.2. The maximum atomic E-state index is 11.4. The number of ether oxygens (including phenoxy) is 2. The van der Waals surface area contributed by atoms with Crippen LogP contribution in [0.5, 0.6) is 11.5 Å². The number of aliphatic hydroxyl groups is 1. The molecule has 1 N–H and O–H groups in total. The van der Waals surface area contributed by atoms with Gasteiger partial charge in [0.05, 0.1) is 24.8 Å². The molecule has 0 bridgehead atoms. The fourth-order valence-electron chi connectivity index (χ4n) is 1.63. The molecule has 0 aliphatic carbocycles. The number of halogens is 1. The molecule has 0 spiro atoms. The molecule has 0 saturated heterocycles. The Bertz CT molecular complexity index is 463. The van der Waals surface area contributed by atoms with E-state index >= 15 is 0 Å². The van der Waals surface area contributed by atoms with Crippen LogP contribution in [-0.4, -0.2) is 43.7 Å². The van der Waals surface area contributed by atoms with Crippen molar-refractivity contribution >= 4 is 21.8 Å². The van der Waals surface area contributed by atoms with Gasteiger partial charge in [-0.2, -0.15) is 0 Å². The van der Waals surface area contributed by atoms with Gasteiger partial charge in [0.2, 0.25) is 5.91 Å². The molecular weight excluding hydrogens is 326 g/mol. The predicted octanol–water partition coefficient (Wildman–Crippen LogP) is 2.20. The van der Waals surface area contributed by atoms with E-state index in [9.17, 15) is 4.79 Å². The lowest BCUT2D eigenvalue weighted by Gasteiger charge is -2.14. The van der Waals surface area contributed by atoms with Crippen molar-refractivity contribution in [3.8, 4) is 11.5 Å². The molecule has 0 saturated carbocycles. The van der Waals surface area contributed by atoms with Crippen molar-refractivity contribution in [2.75, 3.05) is 27.8 Å². The predicted molar refractivity (Wildman–Crippen MR) is 80.0 cm³/mol. The van der Waals surface area contributed by atoms with E-state index in [4.69, 9.17) is 14.6 Å². The van der Waals surface area contributed by atoms with Gasteiger partial charge in [-0.15, -0.1) is 0 Å². The maximum absolute atomic E-state index is 11.4. The molecular formula is C14H20BrNO4. The first-order valence-corrected chi connectivity index (χ1v) is 7.09. The summed E-state index contributed by atoms with van der Waals surface area (Å²) in [6, 6.07) is 3.51. The van der Waals surface area contributed by atoms with Gasteiger partial charge in [0, 0.05) is 20.5 Å². The number of carbonyl (C=O) groups excluding carboxylic acids is 1. The Kier molecular flexibility index (Phi) is 6.81. The van der Waals surface area contributed by atoms with Crippen LogP contribution in [-0.2, 0) is 11.4 Å². The average Bonchev–Trinajstić information content (AvgIpc) is 2.43. The van der Waals surface area contributed by atoms with Crippen molar-refractivity contribution in [3.05, 3.63) is 22.2 Å². The summed E-state index contributed by atoms with van der Waals surface area (Å²) in [6.07, 6.45) is 1.08. The second-order valence-electron chi connectivity index (χ2n) is 4.51. The van der Waals surface area contributed by atoms with Gasteiger partial charge in [-0.25, -0.2) is 0 Å². The molecule has 0 heterocycles. The zero-order chi connectivity index (χ0) is 15.1. The first kappa shape index (κ1) is 16.8. The molecule has 0 atom stereocenters. The number of rotatable bonds is 7. The van der Waals surface area contributed by atoms with Gasteiger partial charge in [0.1, 0.15) is 0 Å². The summed E-state index contributed by atoms with van der Waals surface area (Å²) in [7, 11) is 5.01. The van der Waals surface area contributed by atoms with E-state index in [0.29, 0.717) is 30.9 Å². The van der Waals surface area contributed by atoms with Crippen LogP contribution in [0.25, 0.3) is 0 Å². The van der Waals surface area contributed by atoms with Crippen molar-refractivity contribution in [2.24, 2.45) is 0 Å². The standard InChI is InChI=1S/C14H20BrNO4/c1-16(2)13(18)5-4-6-20-14-11(15)7-10(9-17)8-12(14)19-3/h7-8,17H,4-6,9H2,1-3H3. The summed E-state index contributed by atoms with van der Waals surface area (Å²) < 4.78 is 11.6.